The van der Waals surface area contributed by atoms with Crippen LogP contribution < -0.4 is 5.32 Å². The van der Waals surface area contributed by atoms with Gasteiger partial charge in [-0.15, -0.1) is 0 Å². The Morgan fingerprint density at radius 1 is 1.33 bits per heavy atom. The molecule has 0 radical (unpaired) electrons. The average molecular weight is 328 g/mol. The Bertz CT molecular complexity index is 675. The molecule has 5 heteroatoms. The molecule has 2 N–H and O–H groups in total. The minimum atomic E-state index is -1.05. The summed E-state index contributed by atoms with van der Waals surface area (Å²) in [6, 6.07) is 6.87. The summed E-state index contributed by atoms with van der Waals surface area (Å²) in [7, 11) is 0. The third kappa shape index (κ3) is 4.84. The van der Waals surface area contributed by atoms with E-state index in [1.807, 2.05) is 13.8 Å². The summed E-state index contributed by atoms with van der Waals surface area (Å²) in [6.07, 6.45) is 0.346. The van der Waals surface area contributed by atoms with Crippen LogP contribution in [0.15, 0.2) is 24.3 Å². The minimum absolute atomic E-state index is 0.0764. The van der Waals surface area contributed by atoms with E-state index in [9.17, 15) is 14.7 Å². The van der Waals surface area contributed by atoms with E-state index in [2.05, 4.69) is 17.2 Å². The van der Waals surface area contributed by atoms with E-state index in [-0.39, 0.29) is 23.9 Å². The fourth-order valence-electron chi connectivity index (χ4n) is 2.53. The first-order valence-electron chi connectivity index (χ1n) is 8.11. The van der Waals surface area contributed by atoms with Gasteiger partial charge in [0, 0.05) is 30.1 Å². The molecule has 1 aromatic carbocycles. The van der Waals surface area contributed by atoms with Crippen molar-refractivity contribution >= 4 is 11.8 Å². The van der Waals surface area contributed by atoms with Crippen molar-refractivity contribution in [2.24, 2.45) is 0 Å². The number of carbonyl (C=O) groups excluding carboxylic acids is 2. The number of carbonyl (C=O) groups is 2. The van der Waals surface area contributed by atoms with Gasteiger partial charge < -0.3 is 15.3 Å². The molecular weight excluding hydrogens is 304 g/mol. The number of hydrogen-bond donors (Lipinski definition) is 2. The lowest BCUT2D eigenvalue weighted by molar-refractivity contribution is -0.129. The number of likely N-dealkylation sites (tertiary alicyclic amines) is 1. The Hall–Kier alpha value is -2.32. The minimum Gasteiger partial charge on any atom is -0.378 e. The van der Waals surface area contributed by atoms with Crippen molar-refractivity contribution in [3.8, 4) is 11.8 Å². The predicted molar refractivity (Wildman–Crippen MR) is 92.3 cm³/mol. The fourth-order valence-corrected chi connectivity index (χ4v) is 2.53. The second-order valence-electron chi connectivity index (χ2n) is 6.90. The van der Waals surface area contributed by atoms with Crippen LogP contribution in [0, 0.1) is 11.8 Å². The summed E-state index contributed by atoms with van der Waals surface area (Å²) >= 11 is 0. The Labute approximate surface area is 143 Å². The van der Waals surface area contributed by atoms with Gasteiger partial charge in [0.15, 0.2) is 0 Å². The second-order valence-corrected chi connectivity index (χ2v) is 6.90. The zero-order chi connectivity index (χ0) is 17.9. The Morgan fingerprint density at radius 2 is 1.96 bits per heavy atom. The van der Waals surface area contributed by atoms with E-state index < -0.39 is 5.60 Å². The highest BCUT2D eigenvalue weighted by Crippen LogP contribution is 2.15. The molecule has 0 unspecified atom stereocenters. The quantitative estimate of drug-likeness (QED) is 0.827. The third-order valence-corrected chi connectivity index (χ3v) is 3.78. The highest BCUT2D eigenvalue weighted by molar-refractivity contribution is 5.95. The van der Waals surface area contributed by atoms with Gasteiger partial charge in [0.1, 0.15) is 5.60 Å². The molecule has 0 saturated carbocycles. The van der Waals surface area contributed by atoms with E-state index in [4.69, 9.17) is 0 Å². The number of aliphatic hydroxyl groups is 1. The molecule has 24 heavy (non-hydrogen) atoms. The molecule has 1 aromatic rings. The number of amides is 2. The van der Waals surface area contributed by atoms with Gasteiger partial charge in [0.05, 0.1) is 6.04 Å². The van der Waals surface area contributed by atoms with Crippen molar-refractivity contribution < 1.29 is 14.7 Å². The van der Waals surface area contributed by atoms with Crippen LogP contribution in [0.1, 0.15) is 50.0 Å². The Balaban J connectivity index is 1.98. The monoisotopic (exact) mass is 328 g/mol. The summed E-state index contributed by atoms with van der Waals surface area (Å²) in [5, 5.41) is 12.5. The van der Waals surface area contributed by atoms with Crippen molar-refractivity contribution in [1.29, 1.82) is 0 Å². The maximum Gasteiger partial charge on any atom is 0.251 e. The number of nitrogens with one attached hydrogen (secondary N) is 1. The maximum absolute atomic E-state index is 12.3. The molecular formula is C19H24N2O3. The zero-order valence-corrected chi connectivity index (χ0v) is 14.6. The van der Waals surface area contributed by atoms with Crippen LogP contribution in [0.2, 0.25) is 0 Å². The highest BCUT2D eigenvalue weighted by atomic mass is 16.3. The second kappa shape index (κ2) is 7.06. The molecule has 2 amide bonds. The van der Waals surface area contributed by atoms with Crippen LogP contribution in [-0.2, 0) is 4.79 Å². The van der Waals surface area contributed by atoms with Gasteiger partial charge in [-0.05, 0) is 52.0 Å². The van der Waals surface area contributed by atoms with Gasteiger partial charge in [0.2, 0.25) is 5.91 Å². The molecule has 1 aliphatic heterocycles. The smallest absolute Gasteiger partial charge is 0.251 e. The lowest BCUT2D eigenvalue weighted by Crippen LogP contribution is -2.38. The van der Waals surface area contributed by atoms with Crippen LogP contribution in [0.25, 0.3) is 0 Å². The standard InChI is InChI=1S/C19H24N2O3/c1-13(2)21-12-16(11-17(21)22)20-18(23)15-7-5-14(6-8-15)9-10-19(3,4)24/h5-8,13,16,24H,11-12H2,1-4H3,(H,20,23)/t16-/m1/s1. The van der Waals surface area contributed by atoms with Crippen LogP contribution in [-0.4, -0.2) is 46.1 Å². The first-order chi connectivity index (χ1) is 11.2. The van der Waals surface area contributed by atoms with Crippen LogP contribution >= 0.6 is 0 Å². The van der Waals surface area contributed by atoms with Gasteiger partial charge in [0.25, 0.3) is 5.91 Å². The molecule has 1 heterocycles. The lowest BCUT2D eigenvalue weighted by atomic mass is 10.1. The Kier molecular flexibility index (Phi) is 5.30. The molecule has 1 saturated heterocycles. The molecule has 1 fully saturated rings. The topological polar surface area (TPSA) is 69.6 Å². The van der Waals surface area contributed by atoms with Crippen LogP contribution in [0.5, 0.6) is 0 Å². The molecule has 1 aliphatic rings. The first-order valence-corrected chi connectivity index (χ1v) is 8.11. The summed E-state index contributed by atoms with van der Waals surface area (Å²) in [4.78, 5) is 26.0. The Morgan fingerprint density at radius 3 is 2.46 bits per heavy atom. The third-order valence-electron chi connectivity index (χ3n) is 3.78. The average Bonchev–Trinajstić information content (AvgIpc) is 2.85. The van der Waals surface area contributed by atoms with Crippen molar-refractivity contribution in [2.75, 3.05) is 6.54 Å². The van der Waals surface area contributed by atoms with E-state index in [0.29, 0.717) is 18.5 Å². The fraction of sp³-hybridized carbons (Fsp3) is 0.474. The summed E-state index contributed by atoms with van der Waals surface area (Å²) in [6.45, 7) is 7.72. The molecule has 1 atom stereocenters. The van der Waals surface area contributed by atoms with E-state index >= 15 is 0 Å². The van der Waals surface area contributed by atoms with E-state index in [1.165, 1.54) is 0 Å². The van der Waals surface area contributed by atoms with Crippen molar-refractivity contribution in [2.45, 2.75) is 51.8 Å². The SMILES string of the molecule is CC(C)N1C[C@H](NC(=O)c2ccc(C#CC(C)(C)O)cc2)CC1=O. The predicted octanol–water partition coefficient (Wildman–Crippen LogP) is 1.55. The number of rotatable bonds is 3. The summed E-state index contributed by atoms with van der Waals surface area (Å²) < 4.78 is 0. The van der Waals surface area contributed by atoms with Gasteiger partial charge in [-0.2, -0.15) is 0 Å². The van der Waals surface area contributed by atoms with Gasteiger partial charge in [-0.3, -0.25) is 9.59 Å². The molecule has 2 rings (SSSR count). The van der Waals surface area contributed by atoms with Crippen LogP contribution in [0.4, 0.5) is 0 Å². The van der Waals surface area contributed by atoms with Crippen molar-refractivity contribution in [3.05, 3.63) is 35.4 Å². The number of nitrogens with zero attached hydrogens (tertiary/aromatic N) is 1. The maximum atomic E-state index is 12.3. The van der Waals surface area contributed by atoms with Crippen molar-refractivity contribution in [3.63, 3.8) is 0 Å². The molecule has 0 bridgehead atoms. The molecule has 0 aliphatic carbocycles. The first kappa shape index (κ1) is 18.0. The number of hydrogen-bond acceptors (Lipinski definition) is 3. The molecule has 0 spiro atoms. The summed E-state index contributed by atoms with van der Waals surface area (Å²) in [5.74, 6) is 5.48. The van der Waals surface area contributed by atoms with Gasteiger partial charge >= 0.3 is 0 Å². The lowest BCUT2D eigenvalue weighted by Gasteiger charge is -2.21. The molecule has 0 aromatic heterocycles. The highest BCUT2D eigenvalue weighted by Gasteiger charge is 2.32. The van der Waals surface area contributed by atoms with Gasteiger partial charge in [-0.1, -0.05) is 11.8 Å². The van der Waals surface area contributed by atoms with Crippen molar-refractivity contribution in [1.82, 2.24) is 10.2 Å². The van der Waals surface area contributed by atoms with E-state index in [0.717, 1.165) is 5.56 Å². The number of benzene rings is 1. The molecule has 5 nitrogen and oxygen atoms in total. The molecule has 128 valence electrons. The van der Waals surface area contributed by atoms with Crippen LogP contribution in [0.3, 0.4) is 0 Å². The zero-order valence-electron chi connectivity index (χ0n) is 14.6. The largest absolute Gasteiger partial charge is 0.378 e. The van der Waals surface area contributed by atoms with E-state index in [1.54, 1.807) is 43.0 Å². The van der Waals surface area contributed by atoms with Gasteiger partial charge in [-0.25, -0.2) is 0 Å². The summed E-state index contributed by atoms with van der Waals surface area (Å²) in [5.41, 5.74) is 0.211. The normalized spacial score (nSPS) is 17.7.